The van der Waals surface area contributed by atoms with E-state index in [0.29, 0.717) is 34.7 Å². The van der Waals surface area contributed by atoms with Crippen LogP contribution >= 0.6 is 0 Å². The van der Waals surface area contributed by atoms with Gasteiger partial charge in [-0.15, -0.1) is 0 Å². The monoisotopic (exact) mass is 557 g/mol. The maximum absolute atomic E-state index is 10.8. The minimum Gasteiger partial charge on any atom is -0.504 e. The van der Waals surface area contributed by atoms with Crippen molar-refractivity contribution < 1.29 is 14.9 Å². The van der Waals surface area contributed by atoms with E-state index < -0.39 is 0 Å². The highest BCUT2D eigenvalue weighted by Crippen LogP contribution is 2.68. The number of nitrogens with zero attached hydrogens (tertiary/aromatic N) is 1. The molecule has 4 aliphatic carbocycles. The van der Waals surface area contributed by atoms with Crippen molar-refractivity contribution in [2.24, 2.45) is 51.3 Å². The summed E-state index contributed by atoms with van der Waals surface area (Å²) in [5.41, 5.74) is 2.47. The average Bonchev–Trinajstić information content (AvgIpc) is 3.33. The minimum atomic E-state index is -0.0550. The van der Waals surface area contributed by atoms with Gasteiger partial charge in [-0.3, -0.25) is 4.99 Å². The van der Waals surface area contributed by atoms with Gasteiger partial charge in [0.2, 0.25) is 0 Å². The van der Waals surface area contributed by atoms with Gasteiger partial charge in [-0.25, -0.2) is 0 Å². The van der Waals surface area contributed by atoms with E-state index in [1.54, 1.807) is 6.21 Å². The lowest BCUT2D eigenvalue weighted by atomic mass is 9.44. The molecule has 0 spiro atoms. The molecule has 4 fully saturated rings. The number of hydrogen-bond acceptors (Lipinski definition) is 4. The van der Waals surface area contributed by atoms with E-state index >= 15 is 0 Å². The second-order valence-corrected chi connectivity index (χ2v) is 14.6. The Kier molecular flexibility index (Phi) is 8.24. The topological polar surface area (TPSA) is 62.0 Å². The fourth-order valence-electron chi connectivity index (χ4n) is 10.4. The lowest BCUT2D eigenvalue weighted by Crippen LogP contribution is -2.54. The number of aliphatic hydroxyl groups is 1. The minimum absolute atomic E-state index is 0.0550. The summed E-state index contributed by atoms with van der Waals surface area (Å²) >= 11 is 0. The molecule has 0 unspecified atom stereocenters. The van der Waals surface area contributed by atoms with Crippen LogP contribution in [-0.4, -0.2) is 29.1 Å². The van der Waals surface area contributed by atoms with E-state index in [0.717, 1.165) is 54.5 Å². The Bertz CT molecular complexity index is 1210. The summed E-state index contributed by atoms with van der Waals surface area (Å²) in [6.45, 7) is 8.36. The fraction of sp³-hybridized carbons (Fsp3) is 0.649. The van der Waals surface area contributed by atoms with E-state index in [1.165, 1.54) is 51.4 Å². The first kappa shape index (κ1) is 28.8. The van der Waals surface area contributed by atoms with Crippen molar-refractivity contribution >= 4 is 11.9 Å². The maximum atomic E-state index is 10.8. The number of para-hydroxylation sites is 2. The van der Waals surface area contributed by atoms with E-state index in [-0.39, 0.29) is 11.9 Å². The van der Waals surface area contributed by atoms with Gasteiger partial charge in [-0.2, -0.15) is 0 Å². The van der Waals surface area contributed by atoms with Crippen molar-refractivity contribution in [3.63, 3.8) is 0 Å². The normalized spacial score (nSPS) is 37.3. The van der Waals surface area contributed by atoms with Crippen LogP contribution in [-0.2, 0) is 0 Å². The molecule has 2 aromatic rings. The number of rotatable bonds is 8. The number of benzene rings is 2. The van der Waals surface area contributed by atoms with E-state index in [2.05, 4.69) is 25.8 Å². The van der Waals surface area contributed by atoms with Crippen molar-refractivity contribution in [1.82, 2.24) is 0 Å². The van der Waals surface area contributed by atoms with E-state index in [9.17, 15) is 10.2 Å². The molecule has 2 aromatic carbocycles. The van der Waals surface area contributed by atoms with Gasteiger partial charge in [0, 0.05) is 11.8 Å². The molecule has 2 N–H and O–H groups in total. The van der Waals surface area contributed by atoms with Gasteiger partial charge in [0.25, 0.3) is 0 Å². The van der Waals surface area contributed by atoms with Gasteiger partial charge in [0.1, 0.15) is 0 Å². The van der Waals surface area contributed by atoms with Crippen molar-refractivity contribution in [3.8, 4) is 11.5 Å². The predicted octanol–water partition coefficient (Wildman–Crippen LogP) is 8.96. The lowest BCUT2D eigenvalue weighted by molar-refractivity contribution is -0.129. The first-order valence-electron chi connectivity index (χ1n) is 16.5. The van der Waals surface area contributed by atoms with Gasteiger partial charge in [0.15, 0.2) is 11.5 Å². The van der Waals surface area contributed by atoms with Crippen LogP contribution in [0.4, 0.5) is 5.69 Å². The molecule has 0 bridgehead atoms. The SMILES string of the molecule is C[C@H](CCCOc1cccc(C=Nc2ccccc2)c1O)[C@H]1CC[C@H]2[C@@H]3CC[C@@H]4C[C@H](O)CC[C@]4(C)[C@H]3CC[C@]12C. The average molecular weight is 558 g/mol. The molecule has 222 valence electrons. The first-order chi connectivity index (χ1) is 19.8. The molecule has 0 saturated heterocycles. The Balaban J connectivity index is 1.03. The van der Waals surface area contributed by atoms with Crippen LogP contribution in [0.1, 0.15) is 97.0 Å². The Morgan fingerprint density at radius 1 is 0.927 bits per heavy atom. The summed E-state index contributed by atoms with van der Waals surface area (Å²) in [6.07, 6.45) is 15.5. The quantitative estimate of drug-likeness (QED) is 0.251. The Hall–Kier alpha value is -2.33. The number of aromatic hydroxyl groups is 1. The third-order valence-electron chi connectivity index (χ3n) is 12.6. The van der Waals surface area contributed by atoms with Crippen LogP contribution in [0.15, 0.2) is 53.5 Å². The molecule has 0 radical (unpaired) electrons. The Morgan fingerprint density at radius 2 is 1.71 bits per heavy atom. The van der Waals surface area contributed by atoms with Crippen molar-refractivity contribution in [1.29, 1.82) is 0 Å². The highest BCUT2D eigenvalue weighted by atomic mass is 16.5. The number of aliphatic hydroxyl groups excluding tert-OH is 1. The summed E-state index contributed by atoms with van der Waals surface area (Å²) in [5.74, 6) is 5.59. The molecular weight excluding hydrogens is 506 g/mol. The number of phenolic OH excluding ortho intramolecular Hbond substituents is 1. The molecule has 9 atom stereocenters. The van der Waals surface area contributed by atoms with Gasteiger partial charge in [0.05, 0.1) is 18.4 Å². The number of phenols is 1. The molecule has 4 heteroatoms. The second kappa shape index (κ2) is 11.7. The third-order valence-corrected chi connectivity index (χ3v) is 12.6. The van der Waals surface area contributed by atoms with Crippen molar-refractivity contribution in [2.75, 3.05) is 6.61 Å². The van der Waals surface area contributed by atoms with Crippen molar-refractivity contribution in [2.45, 2.75) is 97.5 Å². The zero-order valence-corrected chi connectivity index (χ0v) is 25.5. The number of ether oxygens (including phenoxy) is 1. The first-order valence-corrected chi connectivity index (χ1v) is 16.5. The van der Waals surface area contributed by atoms with Crippen LogP contribution in [0, 0.1) is 46.3 Å². The fourth-order valence-corrected chi connectivity index (χ4v) is 10.4. The largest absolute Gasteiger partial charge is 0.504 e. The number of fused-ring (bicyclic) bond motifs is 5. The van der Waals surface area contributed by atoms with E-state index in [4.69, 9.17) is 4.74 Å². The predicted molar refractivity (Wildman–Crippen MR) is 167 cm³/mol. The zero-order valence-electron chi connectivity index (χ0n) is 25.5. The van der Waals surface area contributed by atoms with Gasteiger partial charge in [-0.1, -0.05) is 45.0 Å². The molecular formula is C37H51NO3. The molecule has 0 aromatic heterocycles. The Labute approximate surface area is 247 Å². The number of aliphatic imine (C=N–C) groups is 1. The zero-order chi connectivity index (χ0) is 28.6. The summed E-state index contributed by atoms with van der Waals surface area (Å²) in [7, 11) is 0. The van der Waals surface area contributed by atoms with Gasteiger partial charge >= 0.3 is 0 Å². The maximum Gasteiger partial charge on any atom is 0.166 e. The smallest absolute Gasteiger partial charge is 0.166 e. The van der Waals surface area contributed by atoms with Gasteiger partial charge < -0.3 is 14.9 Å². The van der Waals surface area contributed by atoms with Crippen LogP contribution < -0.4 is 4.74 Å². The van der Waals surface area contributed by atoms with E-state index in [1.807, 2.05) is 48.5 Å². The third kappa shape index (κ3) is 5.46. The van der Waals surface area contributed by atoms with Crippen LogP contribution in [0.5, 0.6) is 11.5 Å². The van der Waals surface area contributed by atoms with Gasteiger partial charge in [-0.05, 0) is 141 Å². The molecule has 6 rings (SSSR count). The van der Waals surface area contributed by atoms with Crippen LogP contribution in [0.3, 0.4) is 0 Å². The lowest BCUT2D eigenvalue weighted by Gasteiger charge is -2.61. The van der Waals surface area contributed by atoms with Crippen molar-refractivity contribution in [3.05, 3.63) is 54.1 Å². The van der Waals surface area contributed by atoms with Crippen LogP contribution in [0.25, 0.3) is 0 Å². The summed E-state index contributed by atoms with van der Waals surface area (Å²) in [4.78, 5) is 4.48. The molecule has 41 heavy (non-hydrogen) atoms. The van der Waals surface area contributed by atoms with Crippen LogP contribution in [0.2, 0.25) is 0 Å². The number of hydrogen-bond donors (Lipinski definition) is 2. The molecule has 0 amide bonds. The summed E-state index contributed by atoms with van der Waals surface area (Å²) in [5, 5.41) is 21.1. The standard InChI is InChI=1S/C37H51NO3/c1-25(9-8-22-41-34-13-7-10-26(35(34)40)24-38-28-11-5-4-6-12-28)31-16-17-32-30-15-14-27-23-29(39)18-20-36(27,2)33(30)19-21-37(31,32)3/h4-7,10-13,24-25,27,29-33,39-40H,8-9,14-23H2,1-3H3/t25-,27-,29-,30+,31-,32+,33+,36+,37-/m1/s1. The molecule has 0 aliphatic heterocycles. The highest BCUT2D eigenvalue weighted by Gasteiger charge is 2.60. The molecule has 4 aliphatic rings. The molecule has 4 nitrogen and oxygen atoms in total. The second-order valence-electron chi connectivity index (χ2n) is 14.6. The molecule has 4 saturated carbocycles. The summed E-state index contributed by atoms with van der Waals surface area (Å²) < 4.78 is 6.08. The highest BCUT2D eigenvalue weighted by molar-refractivity contribution is 5.86. The Morgan fingerprint density at radius 3 is 2.54 bits per heavy atom. The summed E-state index contributed by atoms with van der Waals surface area (Å²) in [6, 6.07) is 15.4. The molecule has 0 heterocycles.